The van der Waals surface area contributed by atoms with Crippen LogP contribution in [0.3, 0.4) is 0 Å². The van der Waals surface area contributed by atoms with E-state index in [1.54, 1.807) is 0 Å². The summed E-state index contributed by atoms with van der Waals surface area (Å²) in [6.45, 7) is 7.45. The minimum absolute atomic E-state index is 0.179. The van der Waals surface area contributed by atoms with Gasteiger partial charge in [-0.15, -0.1) is 0 Å². The van der Waals surface area contributed by atoms with Crippen molar-refractivity contribution in [1.29, 1.82) is 0 Å². The molecule has 2 fully saturated rings. The number of hydrogen-bond acceptors (Lipinski definition) is 3. The Balaban J connectivity index is 1.99. The lowest BCUT2D eigenvalue weighted by Gasteiger charge is -2.33. The molecule has 0 spiro atoms. The first-order chi connectivity index (χ1) is 8.18. The minimum atomic E-state index is -0.267. The van der Waals surface area contributed by atoms with Gasteiger partial charge in [-0.25, -0.2) is 0 Å². The molecule has 4 nitrogen and oxygen atoms in total. The van der Waals surface area contributed by atoms with Gasteiger partial charge in [-0.05, 0) is 25.7 Å². The number of carbonyl (C=O) groups excluding carboxylic acids is 1. The second-order valence-corrected chi connectivity index (χ2v) is 5.44. The molecule has 0 aromatic rings. The van der Waals surface area contributed by atoms with Crippen molar-refractivity contribution in [3.05, 3.63) is 0 Å². The molecule has 3 atom stereocenters. The second-order valence-electron chi connectivity index (χ2n) is 5.44. The van der Waals surface area contributed by atoms with Crippen molar-refractivity contribution in [3.63, 3.8) is 0 Å². The highest BCUT2D eigenvalue weighted by Gasteiger charge is 2.31. The highest BCUT2D eigenvalue weighted by atomic mass is 16.5. The lowest BCUT2D eigenvalue weighted by Crippen LogP contribution is -2.52. The van der Waals surface area contributed by atoms with Gasteiger partial charge in [0.15, 0.2) is 0 Å². The van der Waals surface area contributed by atoms with Crippen molar-refractivity contribution in [3.8, 4) is 0 Å². The van der Waals surface area contributed by atoms with E-state index in [2.05, 4.69) is 19.2 Å². The van der Waals surface area contributed by atoms with Crippen LogP contribution in [0.2, 0.25) is 0 Å². The van der Waals surface area contributed by atoms with E-state index in [1.807, 2.05) is 4.90 Å². The number of carbonyl (C=O) groups is 1. The van der Waals surface area contributed by atoms with Crippen molar-refractivity contribution in [2.45, 2.75) is 45.3 Å². The van der Waals surface area contributed by atoms with E-state index in [-0.39, 0.29) is 12.0 Å². The van der Waals surface area contributed by atoms with Crippen LogP contribution < -0.4 is 5.32 Å². The molecule has 2 heterocycles. The highest BCUT2D eigenvalue weighted by Crippen LogP contribution is 2.21. The molecule has 2 saturated heterocycles. The van der Waals surface area contributed by atoms with Crippen LogP contribution in [0.25, 0.3) is 0 Å². The van der Waals surface area contributed by atoms with E-state index in [9.17, 15) is 4.79 Å². The SMILES string of the molecule is CC1CCCC(C)N(C(=O)C2CNCCO2)C1. The molecule has 0 bridgehead atoms. The van der Waals surface area contributed by atoms with Gasteiger partial charge < -0.3 is 15.0 Å². The number of nitrogens with zero attached hydrogens (tertiary/aromatic N) is 1. The zero-order chi connectivity index (χ0) is 12.3. The molecule has 2 rings (SSSR count). The van der Waals surface area contributed by atoms with Crippen LogP contribution >= 0.6 is 0 Å². The summed E-state index contributed by atoms with van der Waals surface area (Å²) in [4.78, 5) is 14.5. The van der Waals surface area contributed by atoms with Crippen LogP contribution in [-0.4, -0.2) is 49.2 Å². The molecular formula is C13H24N2O2. The van der Waals surface area contributed by atoms with Gasteiger partial charge in [0.2, 0.25) is 0 Å². The number of nitrogens with one attached hydrogen (secondary N) is 1. The lowest BCUT2D eigenvalue weighted by molar-refractivity contribution is -0.147. The fraction of sp³-hybridized carbons (Fsp3) is 0.923. The first-order valence-corrected chi connectivity index (χ1v) is 6.81. The fourth-order valence-electron chi connectivity index (χ4n) is 2.74. The van der Waals surface area contributed by atoms with E-state index in [1.165, 1.54) is 12.8 Å². The molecule has 0 aliphatic carbocycles. The maximum Gasteiger partial charge on any atom is 0.253 e. The summed E-state index contributed by atoms with van der Waals surface area (Å²) in [7, 11) is 0. The maximum atomic E-state index is 12.4. The molecule has 98 valence electrons. The molecule has 0 aromatic heterocycles. The zero-order valence-electron chi connectivity index (χ0n) is 10.9. The molecule has 3 unspecified atom stereocenters. The van der Waals surface area contributed by atoms with Gasteiger partial charge in [-0.1, -0.05) is 13.3 Å². The maximum absolute atomic E-state index is 12.4. The van der Waals surface area contributed by atoms with E-state index < -0.39 is 0 Å². The quantitative estimate of drug-likeness (QED) is 0.744. The fourth-order valence-corrected chi connectivity index (χ4v) is 2.74. The summed E-state index contributed by atoms with van der Waals surface area (Å²) in [5.74, 6) is 0.791. The second kappa shape index (κ2) is 5.83. The molecule has 17 heavy (non-hydrogen) atoms. The summed E-state index contributed by atoms with van der Waals surface area (Å²) in [6, 6.07) is 0.359. The van der Waals surface area contributed by atoms with Crippen LogP contribution in [0, 0.1) is 5.92 Å². The third-order valence-electron chi connectivity index (χ3n) is 3.85. The number of likely N-dealkylation sites (tertiary alicyclic amines) is 1. The first kappa shape index (κ1) is 12.8. The van der Waals surface area contributed by atoms with Crippen LogP contribution in [0.1, 0.15) is 33.1 Å². The molecular weight excluding hydrogens is 216 g/mol. The molecule has 1 N–H and O–H groups in total. The van der Waals surface area contributed by atoms with Gasteiger partial charge in [0, 0.05) is 25.7 Å². The predicted octanol–water partition coefficient (Wildman–Crippen LogP) is 1.01. The molecule has 0 radical (unpaired) electrons. The van der Waals surface area contributed by atoms with E-state index >= 15 is 0 Å². The average Bonchev–Trinajstić information content (AvgIpc) is 2.51. The number of rotatable bonds is 1. The Morgan fingerprint density at radius 1 is 1.35 bits per heavy atom. The van der Waals surface area contributed by atoms with Crippen molar-refractivity contribution in [2.24, 2.45) is 5.92 Å². The standard InChI is InChI=1S/C13H24N2O2/c1-10-4-3-5-11(2)15(9-10)13(16)12-8-14-6-7-17-12/h10-12,14H,3-9H2,1-2H3. The third kappa shape index (κ3) is 3.19. The van der Waals surface area contributed by atoms with Crippen molar-refractivity contribution in [1.82, 2.24) is 10.2 Å². The van der Waals surface area contributed by atoms with Gasteiger partial charge in [0.25, 0.3) is 5.91 Å². The molecule has 0 aromatic carbocycles. The summed E-state index contributed by atoms with van der Waals surface area (Å²) in [6.07, 6.45) is 3.32. The van der Waals surface area contributed by atoms with Crippen molar-refractivity contribution < 1.29 is 9.53 Å². The molecule has 2 aliphatic rings. The number of morpholine rings is 1. The summed E-state index contributed by atoms with van der Waals surface area (Å²) >= 11 is 0. The minimum Gasteiger partial charge on any atom is -0.366 e. The number of amides is 1. The third-order valence-corrected chi connectivity index (χ3v) is 3.85. The Labute approximate surface area is 104 Å². The Morgan fingerprint density at radius 2 is 2.18 bits per heavy atom. The Hall–Kier alpha value is -0.610. The van der Waals surface area contributed by atoms with E-state index in [0.717, 1.165) is 19.5 Å². The zero-order valence-corrected chi connectivity index (χ0v) is 10.9. The Bertz CT molecular complexity index is 264. The molecule has 4 heteroatoms. The highest BCUT2D eigenvalue weighted by molar-refractivity contribution is 5.81. The van der Waals surface area contributed by atoms with Crippen LogP contribution in [0.15, 0.2) is 0 Å². The lowest BCUT2D eigenvalue weighted by atomic mass is 10.1. The molecule has 2 aliphatic heterocycles. The number of hydrogen-bond donors (Lipinski definition) is 1. The Morgan fingerprint density at radius 3 is 2.88 bits per heavy atom. The van der Waals surface area contributed by atoms with Crippen LogP contribution in [0.4, 0.5) is 0 Å². The van der Waals surface area contributed by atoms with Gasteiger partial charge in [-0.2, -0.15) is 0 Å². The van der Waals surface area contributed by atoms with Gasteiger partial charge in [-0.3, -0.25) is 4.79 Å². The summed E-state index contributed by atoms with van der Waals surface area (Å²) in [5, 5.41) is 3.22. The number of ether oxygens (including phenoxy) is 1. The predicted molar refractivity (Wildman–Crippen MR) is 66.8 cm³/mol. The topological polar surface area (TPSA) is 41.6 Å². The first-order valence-electron chi connectivity index (χ1n) is 6.81. The normalized spacial score (nSPS) is 35.4. The van der Waals surface area contributed by atoms with Gasteiger partial charge in [0.1, 0.15) is 6.10 Å². The molecule has 1 amide bonds. The Kier molecular flexibility index (Phi) is 4.40. The average molecular weight is 240 g/mol. The van der Waals surface area contributed by atoms with Gasteiger partial charge in [0.05, 0.1) is 6.61 Å². The van der Waals surface area contributed by atoms with E-state index in [0.29, 0.717) is 25.1 Å². The van der Waals surface area contributed by atoms with Crippen molar-refractivity contribution >= 4 is 5.91 Å². The van der Waals surface area contributed by atoms with Crippen molar-refractivity contribution in [2.75, 3.05) is 26.2 Å². The van der Waals surface area contributed by atoms with Crippen LogP contribution in [-0.2, 0) is 9.53 Å². The largest absolute Gasteiger partial charge is 0.366 e. The van der Waals surface area contributed by atoms with Crippen LogP contribution in [0.5, 0.6) is 0 Å². The summed E-state index contributed by atoms with van der Waals surface area (Å²) < 4.78 is 5.56. The smallest absolute Gasteiger partial charge is 0.253 e. The monoisotopic (exact) mass is 240 g/mol. The summed E-state index contributed by atoms with van der Waals surface area (Å²) in [5.41, 5.74) is 0. The van der Waals surface area contributed by atoms with E-state index in [4.69, 9.17) is 4.74 Å². The molecule has 0 saturated carbocycles. The van der Waals surface area contributed by atoms with Gasteiger partial charge >= 0.3 is 0 Å².